The molecule has 7 aromatic rings. The zero-order valence-electron chi connectivity index (χ0n) is 33.5. The normalized spacial score (nSPS) is 11.9. The van der Waals surface area contributed by atoms with Crippen LogP contribution >= 0.6 is 0 Å². The molecule has 2 N–H and O–H groups in total. The van der Waals surface area contributed by atoms with Crippen molar-refractivity contribution in [3.63, 3.8) is 0 Å². The molecule has 5 heterocycles. The van der Waals surface area contributed by atoms with Crippen molar-refractivity contribution in [3.05, 3.63) is 165 Å². The summed E-state index contributed by atoms with van der Waals surface area (Å²) in [7, 11) is 2.31. The van der Waals surface area contributed by atoms with Gasteiger partial charge in [0.25, 0.3) is 0 Å². The van der Waals surface area contributed by atoms with Gasteiger partial charge in [-0.25, -0.2) is 63.5 Å². The molecule has 8 bridgehead atoms. The fourth-order valence-electron chi connectivity index (χ4n) is 7.77. The van der Waals surface area contributed by atoms with Crippen LogP contribution in [0.4, 0.5) is 43.9 Å². The number of halogens is 10. The zero-order chi connectivity index (χ0) is 46.9. The number of rotatable bonds is 6. The van der Waals surface area contributed by atoms with Crippen molar-refractivity contribution < 1.29 is 63.0 Å². The summed E-state index contributed by atoms with van der Waals surface area (Å²) < 4.78 is 162. The van der Waals surface area contributed by atoms with Crippen LogP contribution in [-0.4, -0.2) is 46.1 Å². The number of fused-ring (bicyclic) bond motifs is 8. The average Bonchev–Trinajstić information content (AvgIpc) is 4.19. The number of methoxy groups -OCH3 is 2. The highest BCUT2D eigenvalue weighted by molar-refractivity contribution is 6.01. The number of carbonyl (C=O) groups is 2. The van der Waals surface area contributed by atoms with Gasteiger partial charge in [-0.3, -0.25) is 0 Å². The molecule has 8 nitrogen and oxygen atoms in total. The quantitative estimate of drug-likeness (QED) is 0.0744. The Bertz CT molecular complexity index is 3200. The van der Waals surface area contributed by atoms with Crippen LogP contribution in [0.5, 0.6) is 0 Å². The molecule has 0 fully saturated rings. The number of aromatic nitrogens is 4. The summed E-state index contributed by atoms with van der Waals surface area (Å²) in [5, 5.41) is 0. The maximum atomic E-state index is 15.9. The highest BCUT2D eigenvalue weighted by Crippen LogP contribution is 2.42. The Morgan fingerprint density at radius 3 is 0.909 bits per heavy atom. The number of hydrogen-bond acceptors (Lipinski definition) is 6. The Morgan fingerprint density at radius 2 is 0.621 bits per heavy atom. The molecule has 0 unspecified atom stereocenters. The van der Waals surface area contributed by atoms with Crippen LogP contribution in [0.3, 0.4) is 0 Å². The Balaban J connectivity index is 1.50. The first-order chi connectivity index (χ1) is 31.6. The first-order valence-electron chi connectivity index (χ1n) is 19.2. The summed E-state index contributed by atoms with van der Waals surface area (Å²) in [6.45, 7) is 0. The minimum atomic E-state index is -2.41. The lowest BCUT2D eigenvalue weighted by atomic mass is 10.0. The number of esters is 2. The second-order valence-electron chi connectivity index (χ2n) is 14.5. The average molecular weight is 911 g/mol. The van der Waals surface area contributed by atoms with Crippen molar-refractivity contribution in [2.24, 2.45) is 0 Å². The standard InChI is InChI=1S/C48H24F10N4O4/c1-65-47(63)21-7-3-19(4-8-21)31-23-11-15-27(59-23)33(35-37(49)41(53)45(57)42(54)38(35)50)29-17-13-25(61-29)32(20-5-9-22(10-6-20)48(64)66-2)26-14-18-30(62-26)34(28-16-12-24(31)60-28)36-39(51)43(55)46(58)44(56)40(36)52/h3-18,59,62H,1-2H3. The van der Waals surface area contributed by atoms with Gasteiger partial charge in [0.05, 0.1) is 59.2 Å². The van der Waals surface area contributed by atoms with Crippen molar-refractivity contribution >= 4 is 58.3 Å². The van der Waals surface area contributed by atoms with Crippen LogP contribution in [0.25, 0.3) is 90.9 Å². The minimum absolute atomic E-state index is 0.0404. The van der Waals surface area contributed by atoms with E-state index >= 15 is 35.1 Å². The van der Waals surface area contributed by atoms with Gasteiger partial charge in [-0.05, 0) is 84.0 Å². The third-order valence-electron chi connectivity index (χ3n) is 10.9. The Kier molecular flexibility index (Phi) is 10.7. The molecule has 4 aromatic carbocycles. The second kappa shape index (κ2) is 16.4. The van der Waals surface area contributed by atoms with Gasteiger partial charge in [-0.2, -0.15) is 0 Å². The highest BCUT2D eigenvalue weighted by Gasteiger charge is 2.32. The maximum absolute atomic E-state index is 15.9. The van der Waals surface area contributed by atoms with Crippen LogP contribution in [0, 0.1) is 58.2 Å². The SMILES string of the molecule is COC(=O)c1ccc(-c2c3nc(c(-c4c(F)c(F)c(F)c(F)c4F)c4ccc([nH]4)c(-c4ccc(C(=O)OC)cc4)c4nc(c(-c5c(F)c(F)c(F)c(F)c5F)c5ccc2[nH]5)C=C4)C=C3)cc1. The molecule has 2 aliphatic heterocycles. The van der Waals surface area contributed by atoms with Crippen LogP contribution in [0.15, 0.2) is 72.8 Å². The van der Waals surface area contributed by atoms with Gasteiger partial charge >= 0.3 is 11.9 Å². The van der Waals surface area contributed by atoms with Crippen molar-refractivity contribution in [2.75, 3.05) is 14.2 Å². The van der Waals surface area contributed by atoms with Crippen LogP contribution in [0.2, 0.25) is 0 Å². The topological polar surface area (TPSA) is 110 Å². The van der Waals surface area contributed by atoms with E-state index in [4.69, 9.17) is 9.47 Å². The number of carbonyl (C=O) groups excluding carboxylic acids is 2. The third-order valence-corrected chi connectivity index (χ3v) is 10.9. The second-order valence-corrected chi connectivity index (χ2v) is 14.5. The van der Waals surface area contributed by atoms with Crippen LogP contribution in [0.1, 0.15) is 43.5 Å². The van der Waals surface area contributed by atoms with E-state index in [1.807, 2.05) is 0 Å². The summed E-state index contributed by atoms with van der Waals surface area (Å²) >= 11 is 0. The predicted molar refractivity (Wildman–Crippen MR) is 223 cm³/mol. The lowest BCUT2D eigenvalue weighted by molar-refractivity contribution is 0.0592. The summed E-state index contributed by atoms with van der Waals surface area (Å²) in [5.74, 6) is -24.0. The van der Waals surface area contributed by atoms with Crippen molar-refractivity contribution in [1.29, 1.82) is 0 Å². The molecule has 0 aliphatic carbocycles. The molecule has 0 amide bonds. The number of nitrogens with one attached hydrogen (secondary N) is 2. The number of benzene rings is 4. The Hall–Kier alpha value is -8.28. The predicted octanol–water partition coefficient (Wildman–Crippen LogP) is 12.3. The number of hydrogen-bond donors (Lipinski definition) is 2. The largest absolute Gasteiger partial charge is 0.465 e. The Morgan fingerprint density at radius 1 is 0.364 bits per heavy atom. The lowest BCUT2D eigenvalue weighted by Crippen LogP contribution is -2.05. The van der Waals surface area contributed by atoms with E-state index in [1.165, 1.54) is 97.1 Å². The Labute approximate surface area is 364 Å². The minimum Gasteiger partial charge on any atom is -0.465 e. The highest BCUT2D eigenvalue weighted by atomic mass is 19.2. The van der Waals surface area contributed by atoms with Crippen molar-refractivity contribution in [3.8, 4) is 44.5 Å². The monoisotopic (exact) mass is 910 g/mol. The molecule has 0 spiro atoms. The lowest BCUT2D eigenvalue weighted by Gasteiger charge is -2.11. The van der Waals surface area contributed by atoms with E-state index in [0.29, 0.717) is 0 Å². The van der Waals surface area contributed by atoms with Gasteiger partial charge in [0.1, 0.15) is 0 Å². The smallest absolute Gasteiger partial charge is 0.337 e. The van der Waals surface area contributed by atoms with E-state index < -0.39 is 92.4 Å². The fraction of sp³-hybridized carbons (Fsp3) is 0.0417. The van der Waals surface area contributed by atoms with Crippen LogP contribution < -0.4 is 0 Å². The number of nitrogens with zero attached hydrogens (tertiary/aromatic N) is 2. The van der Waals surface area contributed by atoms with Gasteiger partial charge in [0.15, 0.2) is 46.5 Å². The number of aromatic amines is 2. The van der Waals surface area contributed by atoms with E-state index in [1.54, 1.807) is 0 Å². The van der Waals surface area contributed by atoms with Gasteiger partial charge in [0, 0.05) is 44.3 Å². The first-order valence-corrected chi connectivity index (χ1v) is 19.2. The molecule has 0 atom stereocenters. The molecule has 0 radical (unpaired) electrons. The first kappa shape index (κ1) is 43.0. The molecule has 0 saturated carbocycles. The molecule has 9 rings (SSSR count). The van der Waals surface area contributed by atoms with Crippen molar-refractivity contribution in [2.45, 2.75) is 0 Å². The van der Waals surface area contributed by atoms with E-state index in [9.17, 15) is 18.4 Å². The summed E-state index contributed by atoms with van der Waals surface area (Å²) in [5.41, 5.74) is -4.19. The molecule has 0 saturated heterocycles. The molecule has 3 aromatic heterocycles. The molecule has 66 heavy (non-hydrogen) atoms. The van der Waals surface area contributed by atoms with Gasteiger partial charge < -0.3 is 19.4 Å². The third kappa shape index (κ3) is 6.88. The molecule has 330 valence electrons. The number of H-pyrrole nitrogens is 2. The number of ether oxygens (including phenoxy) is 2. The molecular formula is C48H24F10N4O4. The van der Waals surface area contributed by atoms with Gasteiger partial charge in [-0.15, -0.1) is 0 Å². The van der Waals surface area contributed by atoms with Crippen molar-refractivity contribution in [1.82, 2.24) is 19.9 Å². The van der Waals surface area contributed by atoms with Gasteiger partial charge in [-0.1, -0.05) is 24.3 Å². The summed E-state index contributed by atoms with van der Waals surface area (Å²) in [6, 6.07) is 16.4. The van der Waals surface area contributed by atoms with E-state index in [0.717, 1.165) is 14.2 Å². The van der Waals surface area contributed by atoms with E-state index in [2.05, 4.69) is 19.9 Å². The zero-order valence-corrected chi connectivity index (χ0v) is 33.5. The maximum Gasteiger partial charge on any atom is 0.337 e. The van der Waals surface area contributed by atoms with Crippen LogP contribution in [-0.2, 0) is 9.47 Å². The van der Waals surface area contributed by atoms with E-state index in [-0.39, 0.29) is 78.2 Å². The molecule has 2 aliphatic rings. The molecule has 18 heteroatoms. The molecular weight excluding hydrogens is 887 g/mol. The fourth-order valence-corrected chi connectivity index (χ4v) is 7.77. The summed E-state index contributed by atoms with van der Waals surface area (Å²) in [6.07, 6.45) is 5.10. The summed E-state index contributed by atoms with van der Waals surface area (Å²) in [4.78, 5) is 39.8. The van der Waals surface area contributed by atoms with Gasteiger partial charge in [0.2, 0.25) is 11.6 Å².